The quantitative estimate of drug-likeness (QED) is 0.615. The van der Waals surface area contributed by atoms with Crippen molar-refractivity contribution >= 4 is 0 Å². The summed E-state index contributed by atoms with van der Waals surface area (Å²) < 4.78 is 13.5. The monoisotopic (exact) mass is 178 g/mol. The van der Waals surface area contributed by atoms with E-state index in [9.17, 15) is 4.39 Å². The highest BCUT2D eigenvalue weighted by molar-refractivity contribution is 5.32. The van der Waals surface area contributed by atoms with Gasteiger partial charge in [0.2, 0.25) is 0 Å². The summed E-state index contributed by atoms with van der Waals surface area (Å²) in [6.07, 6.45) is 1.12. The first-order chi connectivity index (χ1) is 6.00. The molecule has 13 heavy (non-hydrogen) atoms. The smallest absolute Gasteiger partial charge is 0.126 e. The minimum atomic E-state index is -0.0319. The van der Waals surface area contributed by atoms with E-state index >= 15 is 0 Å². The maximum absolute atomic E-state index is 13.5. The molecule has 0 amide bonds. The molecule has 1 fully saturated rings. The van der Waals surface area contributed by atoms with Gasteiger partial charge in [-0.05, 0) is 41.9 Å². The number of hydrogen-bond donors (Lipinski definition) is 0. The van der Waals surface area contributed by atoms with Crippen LogP contribution >= 0.6 is 0 Å². The molecule has 0 N–H and O–H groups in total. The van der Waals surface area contributed by atoms with E-state index in [1.54, 1.807) is 6.07 Å². The maximum Gasteiger partial charge on any atom is 0.126 e. The fourth-order valence-corrected chi connectivity index (χ4v) is 1.91. The van der Waals surface area contributed by atoms with Crippen molar-refractivity contribution in [3.63, 3.8) is 0 Å². The van der Waals surface area contributed by atoms with Gasteiger partial charge in [0.15, 0.2) is 0 Å². The van der Waals surface area contributed by atoms with Crippen LogP contribution in [0.5, 0.6) is 0 Å². The van der Waals surface area contributed by atoms with Crippen molar-refractivity contribution in [3.05, 3.63) is 35.1 Å². The highest BCUT2D eigenvalue weighted by atomic mass is 19.1. The van der Waals surface area contributed by atoms with E-state index in [0.717, 1.165) is 17.5 Å². The van der Waals surface area contributed by atoms with Crippen LogP contribution in [0.4, 0.5) is 4.39 Å². The molecule has 0 spiro atoms. The zero-order valence-electron chi connectivity index (χ0n) is 8.39. The summed E-state index contributed by atoms with van der Waals surface area (Å²) in [6.45, 7) is 6.30. The third kappa shape index (κ3) is 1.48. The van der Waals surface area contributed by atoms with Crippen molar-refractivity contribution in [2.75, 3.05) is 0 Å². The minimum Gasteiger partial charge on any atom is -0.207 e. The van der Waals surface area contributed by atoms with Crippen molar-refractivity contribution < 1.29 is 4.39 Å². The van der Waals surface area contributed by atoms with Crippen molar-refractivity contribution in [2.24, 2.45) is 5.41 Å². The topological polar surface area (TPSA) is 0 Å². The summed E-state index contributed by atoms with van der Waals surface area (Å²) >= 11 is 0. The Bertz CT molecular complexity index is 339. The van der Waals surface area contributed by atoms with E-state index in [1.807, 2.05) is 19.1 Å². The Hall–Kier alpha value is -0.850. The average molecular weight is 178 g/mol. The number of halogens is 1. The molecule has 1 atom stereocenters. The van der Waals surface area contributed by atoms with Gasteiger partial charge in [0.05, 0.1) is 0 Å². The van der Waals surface area contributed by atoms with Gasteiger partial charge in [-0.2, -0.15) is 0 Å². The lowest BCUT2D eigenvalue weighted by Crippen LogP contribution is -1.93. The van der Waals surface area contributed by atoms with Gasteiger partial charge < -0.3 is 0 Å². The second-order valence-electron chi connectivity index (χ2n) is 4.77. The minimum absolute atomic E-state index is 0.0319. The fourth-order valence-electron chi connectivity index (χ4n) is 1.91. The first kappa shape index (κ1) is 8.74. The van der Waals surface area contributed by atoms with Crippen LogP contribution in [0.15, 0.2) is 18.2 Å². The van der Waals surface area contributed by atoms with Gasteiger partial charge >= 0.3 is 0 Å². The predicted molar refractivity (Wildman–Crippen MR) is 52.3 cm³/mol. The third-order valence-electron chi connectivity index (χ3n) is 3.04. The Balaban J connectivity index is 2.33. The average Bonchev–Trinajstić information content (AvgIpc) is 2.59. The molecule has 0 aromatic heterocycles. The molecule has 0 bridgehead atoms. The summed E-state index contributed by atoms with van der Waals surface area (Å²) in [5.41, 5.74) is 2.21. The molecule has 0 aliphatic heterocycles. The number of aryl methyl sites for hydroxylation is 1. The van der Waals surface area contributed by atoms with Gasteiger partial charge in [-0.25, -0.2) is 4.39 Å². The molecule has 1 aromatic carbocycles. The summed E-state index contributed by atoms with van der Waals surface area (Å²) in [4.78, 5) is 0. The molecule has 1 heteroatoms. The Morgan fingerprint density at radius 3 is 2.46 bits per heavy atom. The van der Waals surface area contributed by atoms with Gasteiger partial charge in [0.25, 0.3) is 0 Å². The van der Waals surface area contributed by atoms with Crippen LogP contribution in [-0.2, 0) is 0 Å². The van der Waals surface area contributed by atoms with Crippen molar-refractivity contribution in [2.45, 2.75) is 33.1 Å². The molecule has 0 saturated heterocycles. The zero-order chi connectivity index (χ0) is 9.64. The molecule has 70 valence electrons. The highest BCUT2D eigenvalue weighted by Crippen LogP contribution is 2.58. The summed E-state index contributed by atoms with van der Waals surface area (Å²) in [6, 6.07) is 5.56. The molecule has 1 saturated carbocycles. The maximum atomic E-state index is 13.5. The molecule has 2 rings (SSSR count). The van der Waals surface area contributed by atoms with Gasteiger partial charge in [-0.3, -0.25) is 0 Å². The summed E-state index contributed by atoms with van der Waals surface area (Å²) in [5, 5.41) is 0. The largest absolute Gasteiger partial charge is 0.207 e. The predicted octanol–water partition coefficient (Wildman–Crippen LogP) is 3.65. The standard InChI is InChI=1S/C12H15F/c1-8-4-5-9(11(13)6-8)10-7-12(10,2)3/h4-6,10H,7H2,1-3H3/t10-/m0/s1. The van der Waals surface area contributed by atoms with Crippen LogP contribution in [0, 0.1) is 18.2 Å². The van der Waals surface area contributed by atoms with E-state index in [0.29, 0.717) is 11.3 Å². The van der Waals surface area contributed by atoms with E-state index in [2.05, 4.69) is 13.8 Å². The molecule has 0 radical (unpaired) electrons. The molecule has 0 nitrogen and oxygen atoms in total. The van der Waals surface area contributed by atoms with E-state index in [1.165, 1.54) is 0 Å². The second-order valence-corrected chi connectivity index (χ2v) is 4.77. The Kier molecular flexibility index (Phi) is 1.73. The van der Waals surface area contributed by atoms with Gasteiger partial charge in [-0.15, -0.1) is 0 Å². The van der Waals surface area contributed by atoms with E-state index < -0.39 is 0 Å². The summed E-state index contributed by atoms with van der Waals surface area (Å²) in [5.74, 6) is 0.406. The third-order valence-corrected chi connectivity index (χ3v) is 3.04. The molecule has 0 unspecified atom stereocenters. The van der Waals surface area contributed by atoms with Crippen molar-refractivity contribution in [1.29, 1.82) is 0 Å². The SMILES string of the molecule is Cc1ccc([C@@H]2CC2(C)C)c(F)c1. The van der Waals surface area contributed by atoms with Crippen LogP contribution in [0.1, 0.15) is 37.3 Å². The number of rotatable bonds is 1. The molecule has 1 aliphatic carbocycles. The molecular formula is C12H15F. The lowest BCUT2D eigenvalue weighted by molar-refractivity contribution is 0.576. The van der Waals surface area contributed by atoms with Crippen molar-refractivity contribution in [1.82, 2.24) is 0 Å². The molecule has 1 aromatic rings. The van der Waals surface area contributed by atoms with Gasteiger partial charge in [0, 0.05) is 0 Å². The highest BCUT2D eigenvalue weighted by Gasteiger charge is 2.47. The first-order valence-electron chi connectivity index (χ1n) is 4.77. The van der Waals surface area contributed by atoms with E-state index in [4.69, 9.17) is 0 Å². The van der Waals surface area contributed by atoms with Crippen molar-refractivity contribution in [3.8, 4) is 0 Å². The fraction of sp³-hybridized carbons (Fsp3) is 0.500. The number of hydrogen-bond acceptors (Lipinski definition) is 0. The lowest BCUT2D eigenvalue weighted by Gasteiger charge is -2.05. The normalized spacial score (nSPS) is 24.5. The number of benzene rings is 1. The van der Waals surface area contributed by atoms with Crippen LogP contribution in [0.3, 0.4) is 0 Å². The molecule has 0 heterocycles. The van der Waals surface area contributed by atoms with Crippen LogP contribution in [-0.4, -0.2) is 0 Å². The van der Waals surface area contributed by atoms with Crippen LogP contribution < -0.4 is 0 Å². The molecule has 1 aliphatic rings. The Morgan fingerprint density at radius 1 is 1.38 bits per heavy atom. The van der Waals surface area contributed by atoms with Crippen LogP contribution in [0.25, 0.3) is 0 Å². The van der Waals surface area contributed by atoms with Gasteiger partial charge in [0.1, 0.15) is 5.82 Å². The zero-order valence-corrected chi connectivity index (χ0v) is 8.39. The first-order valence-corrected chi connectivity index (χ1v) is 4.77. The van der Waals surface area contributed by atoms with Crippen LogP contribution in [0.2, 0.25) is 0 Å². The van der Waals surface area contributed by atoms with E-state index in [-0.39, 0.29) is 5.82 Å². The lowest BCUT2D eigenvalue weighted by atomic mass is 10.0. The second kappa shape index (κ2) is 2.57. The Morgan fingerprint density at radius 2 is 2.00 bits per heavy atom. The Labute approximate surface area is 78.8 Å². The van der Waals surface area contributed by atoms with Gasteiger partial charge in [-0.1, -0.05) is 26.0 Å². The molecular weight excluding hydrogens is 163 g/mol. The summed E-state index contributed by atoms with van der Waals surface area (Å²) in [7, 11) is 0.